The Morgan fingerprint density at radius 2 is 1.59 bits per heavy atom. The van der Waals surface area contributed by atoms with Crippen LogP contribution in [0.4, 0.5) is 9.18 Å². The van der Waals surface area contributed by atoms with Crippen LogP contribution >= 0.6 is 0 Å². The average Bonchev–Trinajstić information content (AvgIpc) is 2.64. The molecule has 1 aromatic rings. The largest absolute Gasteiger partial charge is 0.497 e. The standard InChI is InChI=1S/C20H31BFNO4/c1-17(2,3)25-16(24)23-18(4,5)13-10-11-14(15(22)12-13)21-26-19(6,7)20(8,9)27-21/h10-12H,1-9H3,(H,23,24). The van der Waals surface area contributed by atoms with Crippen molar-refractivity contribution >= 4 is 18.7 Å². The molecule has 150 valence electrons. The molecular formula is C20H31BFNO4. The number of nitrogens with one attached hydrogen (secondary N) is 1. The second kappa shape index (κ2) is 6.78. The molecule has 0 bridgehead atoms. The maximum Gasteiger partial charge on any atom is 0.497 e. The van der Waals surface area contributed by atoms with Gasteiger partial charge >= 0.3 is 13.2 Å². The zero-order chi connectivity index (χ0) is 20.8. The zero-order valence-corrected chi connectivity index (χ0v) is 17.8. The molecule has 27 heavy (non-hydrogen) atoms. The molecule has 5 nitrogen and oxygen atoms in total. The highest BCUT2D eigenvalue weighted by molar-refractivity contribution is 6.62. The lowest BCUT2D eigenvalue weighted by atomic mass is 9.77. The molecular weight excluding hydrogens is 348 g/mol. The topological polar surface area (TPSA) is 56.8 Å². The Bertz CT molecular complexity index is 709. The van der Waals surface area contributed by atoms with E-state index in [0.29, 0.717) is 11.0 Å². The summed E-state index contributed by atoms with van der Waals surface area (Å²) >= 11 is 0. The van der Waals surface area contributed by atoms with Gasteiger partial charge in [-0.15, -0.1) is 0 Å². The highest BCUT2D eigenvalue weighted by Gasteiger charge is 2.52. The molecule has 1 fully saturated rings. The van der Waals surface area contributed by atoms with Crippen LogP contribution in [0.25, 0.3) is 0 Å². The SMILES string of the molecule is CC(C)(C)OC(=O)NC(C)(C)c1ccc(B2OC(C)(C)C(C)(C)O2)c(F)c1. The van der Waals surface area contributed by atoms with Gasteiger partial charge in [0.05, 0.1) is 16.7 Å². The van der Waals surface area contributed by atoms with E-state index in [-0.39, 0.29) is 0 Å². The molecule has 0 atom stereocenters. The number of hydrogen-bond donors (Lipinski definition) is 1. The Kier molecular flexibility index (Phi) is 5.45. The second-order valence-corrected chi connectivity index (χ2v) is 9.58. The van der Waals surface area contributed by atoms with Crippen molar-refractivity contribution in [2.75, 3.05) is 0 Å². The summed E-state index contributed by atoms with van der Waals surface area (Å²) in [5.74, 6) is -0.440. The van der Waals surface area contributed by atoms with Crippen molar-refractivity contribution < 1.29 is 23.2 Å². The molecule has 1 heterocycles. The molecule has 2 rings (SSSR count). The van der Waals surface area contributed by atoms with Gasteiger partial charge in [0.15, 0.2) is 0 Å². The molecule has 0 aliphatic carbocycles. The number of hydrogen-bond acceptors (Lipinski definition) is 4. The Hall–Kier alpha value is -1.60. The summed E-state index contributed by atoms with van der Waals surface area (Å²) in [6.07, 6.45) is -0.553. The number of ether oxygens (including phenoxy) is 1. The molecule has 0 saturated carbocycles. The van der Waals surface area contributed by atoms with Crippen molar-refractivity contribution in [2.45, 2.75) is 84.7 Å². The highest BCUT2D eigenvalue weighted by Crippen LogP contribution is 2.36. The summed E-state index contributed by atoms with van der Waals surface area (Å²) in [6.45, 7) is 16.6. The third kappa shape index (κ3) is 4.82. The molecule has 0 spiro atoms. The highest BCUT2D eigenvalue weighted by atomic mass is 19.1. The van der Waals surface area contributed by atoms with Crippen LogP contribution in [0.5, 0.6) is 0 Å². The van der Waals surface area contributed by atoms with Gasteiger partial charge in [0.2, 0.25) is 0 Å². The Balaban J connectivity index is 2.20. The number of amides is 1. The van der Waals surface area contributed by atoms with Crippen molar-refractivity contribution in [1.29, 1.82) is 0 Å². The number of benzene rings is 1. The van der Waals surface area contributed by atoms with Crippen LogP contribution in [0.2, 0.25) is 0 Å². The van der Waals surface area contributed by atoms with Gasteiger partial charge in [0, 0.05) is 5.46 Å². The molecule has 0 unspecified atom stereocenters. The summed E-state index contributed by atoms with van der Waals surface area (Å²) in [7, 11) is -0.772. The van der Waals surface area contributed by atoms with Crippen molar-refractivity contribution in [1.82, 2.24) is 5.32 Å². The van der Waals surface area contributed by atoms with Gasteiger partial charge in [-0.1, -0.05) is 12.1 Å². The first-order chi connectivity index (χ1) is 12.0. The molecule has 0 radical (unpaired) electrons. The third-order valence-electron chi connectivity index (χ3n) is 5.04. The van der Waals surface area contributed by atoms with Crippen LogP contribution < -0.4 is 10.8 Å². The molecule has 1 saturated heterocycles. The lowest BCUT2D eigenvalue weighted by Crippen LogP contribution is -2.44. The van der Waals surface area contributed by atoms with Crippen molar-refractivity contribution in [3.63, 3.8) is 0 Å². The second-order valence-electron chi connectivity index (χ2n) is 9.58. The molecule has 1 aliphatic heterocycles. The normalized spacial score (nSPS) is 19.1. The summed E-state index contributed by atoms with van der Waals surface area (Å²) in [5.41, 5.74) is -1.54. The van der Waals surface area contributed by atoms with E-state index in [1.54, 1.807) is 46.8 Å². The van der Waals surface area contributed by atoms with Gasteiger partial charge in [-0.25, -0.2) is 9.18 Å². The number of carbonyl (C=O) groups excluding carboxylic acids is 1. The van der Waals surface area contributed by atoms with Crippen LogP contribution in [-0.2, 0) is 19.6 Å². The monoisotopic (exact) mass is 379 g/mol. The lowest BCUT2D eigenvalue weighted by molar-refractivity contribution is 0.00578. The Morgan fingerprint density at radius 3 is 2.04 bits per heavy atom. The van der Waals surface area contributed by atoms with Crippen LogP contribution in [0.1, 0.15) is 67.9 Å². The summed E-state index contributed by atoms with van der Waals surface area (Å²) in [4.78, 5) is 12.1. The maximum absolute atomic E-state index is 14.8. The van der Waals surface area contributed by atoms with Gasteiger partial charge in [0.1, 0.15) is 11.4 Å². The Morgan fingerprint density at radius 1 is 1.07 bits per heavy atom. The van der Waals surface area contributed by atoms with Gasteiger partial charge in [-0.2, -0.15) is 0 Å². The summed E-state index contributed by atoms with van der Waals surface area (Å²) in [6, 6.07) is 4.81. The van der Waals surface area contributed by atoms with Crippen LogP contribution in [0.3, 0.4) is 0 Å². The molecule has 1 N–H and O–H groups in total. The molecule has 1 aliphatic rings. The van der Waals surface area contributed by atoms with Crippen LogP contribution in [0, 0.1) is 5.82 Å². The Labute approximate surface area is 162 Å². The quantitative estimate of drug-likeness (QED) is 0.810. The fraction of sp³-hybridized carbons (Fsp3) is 0.650. The summed E-state index contributed by atoms with van der Waals surface area (Å²) < 4.78 is 32.0. The predicted molar refractivity (Wildman–Crippen MR) is 105 cm³/mol. The number of carbonyl (C=O) groups is 1. The first-order valence-electron chi connectivity index (χ1n) is 9.21. The van der Waals surface area contributed by atoms with Gasteiger partial charge in [-0.05, 0) is 73.9 Å². The lowest BCUT2D eigenvalue weighted by Gasteiger charge is -2.32. The van der Waals surface area contributed by atoms with Gasteiger partial charge in [-0.3, -0.25) is 0 Å². The van der Waals surface area contributed by atoms with Crippen molar-refractivity contribution in [3.05, 3.63) is 29.6 Å². The number of halogens is 1. The minimum Gasteiger partial charge on any atom is -0.444 e. The molecule has 0 aromatic heterocycles. The number of rotatable bonds is 3. The van der Waals surface area contributed by atoms with E-state index in [0.717, 1.165) is 0 Å². The van der Waals surface area contributed by atoms with E-state index < -0.39 is 41.4 Å². The van der Waals surface area contributed by atoms with Gasteiger partial charge < -0.3 is 19.4 Å². The molecule has 1 amide bonds. The molecule has 7 heteroatoms. The van der Waals surface area contributed by atoms with E-state index in [1.807, 2.05) is 27.7 Å². The molecule has 1 aromatic carbocycles. The third-order valence-corrected chi connectivity index (χ3v) is 5.04. The van der Waals surface area contributed by atoms with Gasteiger partial charge in [0.25, 0.3) is 0 Å². The minimum atomic E-state index is -0.808. The van der Waals surface area contributed by atoms with Crippen molar-refractivity contribution in [3.8, 4) is 0 Å². The number of alkyl carbamates (subject to hydrolysis) is 1. The minimum absolute atomic E-state index is 0.338. The zero-order valence-electron chi connectivity index (χ0n) is 17.8. The van der Waals surface area contributed by atoms with E-state index >= 15 is 0 Å². The summed E-state index contributed by atoms with van der Waals surface area (Å²) in [5, 5.41) is 2.78. The van der Waals surface area contributed by atoms with Crippen LogP contribution in [0.15, 0.2) is 18.2 Å². The first kappa shape index (κ1) is 21.7. The average molecular weight is 379 g/mol. The van der Waals surface area contributed by atoms with E-state index in [9.17, 15) is 9.18 Å². The fourth-order valence-corrected chi connectivity index (χ4v) is 2.71. The van der Waals surface area contributed by atoms with Crippen molar-refractivity contribution in [2.24, 2.45) is 0 Å². The smallest absolute Gasteiger partial charge is 0.444 e. The predicted octanol–water partition coefficient (Wildman–Crippen LogP) is 3.88. The maximum atomic E-state index is 14.8. The van der Waals surface area contributed by atoms with Crippen LogP contribution in [-0.4, -0.2) is 30.0 Å². The van der Waals surface area contributed by atoms with E-state index in [1.165, 1.54) is 6.07 Å². The van der Waals surface area contributed by atoms with E-state index in [2.05, 4.69) is 5.32 Å². The first-order valence-corrected chi connectivity index (χ1v) is 9.21. The fourth-order valence-electron chi connectivity index (χ4n) is 2.71. The van der Waals surface area contributed by atoms with E-state index in [4.69, 9.17) is 14.0 Å².